The minimum absolute atomic E-state index is 1.09. The van der Waals surface area contributed by atoms with E-state index >= 15 is 0 Å². The molecule has 0 saturated heterocycles. The number of hydrogen-bond acceptors (Lipinski definition) is 0. The summed E-state index contributed by atoms with van der Waals surface area (Å²) in [6.45, 7) is 10.5. The minimum Gasteiger partial charge on any atom is -0.0988 e. The molecule has 0 aromatic rings. The molecule has 0 nitrogen and oxygen atoms in total. The molecule has 7 heavy (non-hydrogen) atoms. The molecule has 37 valence electrons. The molecule has 0 heterocycles. The molecular weight excluding hydrogens is 84.1 g/mol. The Hall–Kier alpha value is -0.780. The molecule has 0 fully saturated rings. The summed E-state index contributed by atoms with van der Waals surface area (Å²) >= 11 is 0. The number of hydrogen-bond donors (Lipinski definition) is 0. The van der Waals surface area contributed by atoms with E-state index in [0.717, 1.165) is 5.57 Å². The summed E-state index contributed by atoms with van der Waals surface area (Å²) in [7, 11) is 0. The predicted molar refractivity (Wildman–Crippen MR) is 32.8 cm³/mol. The van der Waals surface area contributed by atoms with Crippen LogP contribution in [0.1, 0.15) is 6.92 Å². The van der Waals surface area contributed by atoms with Crippen LogP contribution in [0.4, 0.5) is 0 Å². The Morgan fingerprint density at radius 2 is 2.29 bits per heavy atom. The van der Waals surface area contributed by atoms with Gasteiger partial charge in [-0.25, -0.2) is 0 Å². The smallest absolute Gasteiger partial charge is 0.0398 e. The average Bonchev–Trinajstić information content (AvgIpc) is 1.68. The fourth-order valence-electron chi connectivity index (χ4n) is 0.220. The molecule has 0 spiro atoms. The maximum atomic E-state index is 5.06. The van der Waals surface area contributed by atoms with Gasteiger partial charge < -0.3 is 0 Å². The summed E-state index contributed by atoms with van der Waals surface area (Å²) in [6, 6.07) is 0. The van der Waals surface area contributed by atoms with Crippen molar-refractivity contribution in [2.75, 3.05) is 0 Å². The quantitative estimate of drug-likeness (QED) is 0.459. The summed E-state index contributed by atoms with van der Waals surface area (Å²) in [6.07, 6.45) is 5.05. The lowest BCUT2D eigenvalue weighted by Gasteiger charge is -1.80. The molecule has 0 aliphatic carbocycles. The van der Waals surface area contributed by atoms with Crippen LogP contribution in [-0.2, 0) is 0 Å². The van der Waals surface area contributed by atoms with Gasteiger partial charge in [-0.05, 0) is 6.92 Å². The summed E-state index contributed by atoms with van der Waals surface area (Å²) in [4.78, 5) is 0. The largest absolute Gasteiger partial charge is 0.0988 e. The average molecular weight is 93.1 g/mol. The fraction of sp³-hybridized carbons (Fsp3) is 0.143. The lowest BCUT2D eigenvalue weighted by atomic mass is 10.3. The van der Waals surface area contributed by atoms with Gasteiger partial charge in [0.2, 0.25) is 0 Å². The van der Waals surface area contributed by atoms with Crippen molar-refractivity contribution in [3.05, 3.63) is 37.0 Å². The predicted octanol–water partition coefficient (Wildman–Crippen LogP) is 2.11. The topological polar surface area (TPSA) is 0 Å². The Bertz CT molecular complexity index is 96.6. The molecule has 0 saturated carbocycles. The van der Waals surface area contributed by atoms with Gasteiger partial charge in [0.05, 0.1) is 0 Å². The summed E-state index contributed by atoms with van der Waals surface area (Å²) < 4.78 is 0. The molecule has 0 aromatic carbocycles. The molecule has 0 amide bonds. The van der Waals surface area contributed by atoms with Crippen LogP contribution in [0.2, 0.25) is 0 Å². The second-order valence-electron chi connectivity index (χ2n) is 1.31. The van der Waals surface area contributed by atoms with Gasteiger partial charge in [-0.2, -0.15) is 0 Å². The van der Waals surface area contributed by atoms with Crippen molar-refractivity contribution in [1.82, 2.24) is 0 Å². The van der Waals surface area contributed by atoms with Crippen LogP contribution in [0.5, 0.6) is 0 Å². The van der Waals surface area contributed by atoms with Gasteiger partial charge in [-0.3, -0.25) is 0 Å². The minimum atomic E-state index is 1.09. The third kappa shape index (κ3) is 3.04. The maximum Gasteiger partial charge on any atom is -0.0398 e. The van der Waals surface area contributed by atoms with Crippen molar-refractivity contribution in [3.63, 3.8) is 0 Å². The molecule has 0 bridgehead atoms. The Kier molecular flexibility index (Phi) is 3.03. The van der Waals surface area contributed by atoms with Crippen LogP contribution in [0, 0.1) is 6.58 Å². The monoisotopic (exact) mass is 93.1 g/mol. The van der Waals surface area contributed by atoms with Crippen molar-refractivity contribution < 1.29 is 0 Å². The molecule has 0 unspecified atom stereocenters. The maximum absolute atomic E-state index is 5.06. The molecule has 0 aromatic heterocycles. The van der Waals surface area contributed by atoms with Crippen LogP contribution in [0.25, 0.3) is 0 Å². The Morgan fingerprint density at radius 1 is 1.71 bits per heavy atom. The molecule has 0 aliphatic rings. The first kappa shape index (κ1) is 6.22. The van der Waals surface area contributed by atoms with Crippen LogP contribution >= 0.6 is 0 Å². The zero-order chi connectivity index (χ0) is 5.70. The van der Waals surface area contributed by atoms with Gasteiger partial charge in [0, 0.05) is 0 Å². The summed E-state index contributed by atoms with van der Waals surface area (Å²) in [5, 5.41) is 0. The van der Waals surface area contributed by atoms with Crippen molar-refractivity contribution in [2.24, 2.45) is 0 Å². The van der Waals surface area contributed by atoms with Crippen LogP contribution in [0.15, 0.2) is 30.4 Å². The molecule has 0 atom stereocenters. The van der Waals surface area contributed by atoms with E-state index in [1.807, 2.05) is 6.92 Å². The van der Waals surface area contributed by atoms with E-state index in [-0.39, 0.29) is 0 Å². The highest BCUT2D eigenvalue weighted by molar-refractivity contribution is 5.17. The van der Waals surface area contributed by atoms with Crippen LogP contribution in [-0.4, -0.2) is 0 Å². The third-order valence-electron chi connectivity index (χ3n) is 0.681. The van der Waals surface area contributed by atoms with E-state index in [1.165, 1.54) is 6.08 Å². The van der Waals surface area contributed by atoms with Crippen molar-refractivity contribution in [3.8, 4) is 0 Å². The van der Waals surface area contributed by atoms with Crippen LogP contribution < -0.4 is 0 Å². The standard InChI is InChI=1S/C7H9/c1-4-6-7(3)5-2/h1,4-6H,2H2,3H3. The van der Waals surface area contributed by atoms with Gasteiger partial charge >= 0.3 is 0 Å². The lowest BCUT2D eigenvalue weighted by molar-refractivity contribution is 1.54. The van der Waals surface area contributed by atoms with Gasteiger partial charge in [0.15, 0.2) is 0 Å². The van der Waals surface area contributed by atoms with E-state index in [2.05, 4.69) is 6.58 Å². The first-order valence-electron chi connectivity index (χ1n) is 2.15. The van der Waals surface area contributed by atoms with Gasteiger partial charge in [-0.1, -0.05) is 37.0 Å². The molecular formula is C7H9. The van der Waals surface area contributed by atoms with Crippen LogP contribution in [0.3, 0.4) is 0 Å². The lowest BCUT2D eigenvalue weighted by Crippen LogP contribution is -1.59. The van der Waals surface area contributed by atoms with Gasteiger partial charge in [0.1, 0.15) is 0 Å². The highest BCUT2D eigenvalue weighted by Gasteiger charge is 1.69. The number of allylic oxidation sites excluding steroid dienone is 4. The highest BCUT2D eigenvalue weighted by atomic mass is 13.8. The van der Waals surface area contributed by atoms with Crippen molar-refractivity contribution >= 4 is 0 Å². The molecule has 0 N–H and O–H groups in total. The third-order valence-corrected chi connectivity index (χ3v) is 0.681. The first-order chi connectivity index (χ1) is 3.31. The SMILES string of the molecule is [CH]=CC=C(C)C=C. The number of rotatable bonds is 2. The van der Waals surface area contributed by atoms with Gasteiger partial charge in [0.25, 0.3) is 0 Å². The zero-order valence-corrected chi connectivity index (χ0v) is 4.52. The van der Waals surface area contributed by atoms with E-state index in [9.17, 15) is 0 Å². The Labute approximate surface area is 44.9 Å². The second kappa shape index (κ2) is 3.41. The Balaban J connectivity index is 3.72. The molecule has 0 heteroatoms. The van der Waals surface area contributed by atoms with Crippen molar-refractivity contribution in [2.45, 2.75) is 6.92 Å². The summed E-state index contributed by atoms with van der Waals surface area (Å²) in [5.74, 6) is 0. The Morgan fingerprint density at radius 3 is 2.43 bits per heavy atom. The van der Waals surface area contributed by atoms with E-state index in [1.54, 1.807) is 12.2 Å². The van der Waals surface area contributed by atoms with Crippen molar-refractivity contribution in [1.29, 1.82) is 0 Å². The van der Waals surface area contributed by atoms with E-state index < -0.39 is 0 Å². The second-order valence-corrected chi connectivity index (χ2v) is 1.31. The van der Waals surface area contributed by atoms with E-state index in [0.29, 0.717) is 0 Å². The van der Waals surface area contributed by atoms with Gasteiger partial charge in [-0.15, -0.1) is 0 Å². The molecule has 0 rings (SSSR count). The highest BCUT2D eigenvalue weighted by Crippen LogP contribution is 1.89. The zero-order valence-electron chi connectivity index (χ0n) is 4.52. The normalized spacial score (nSPS) is 10.7. The molecule has 0 aliphatic heterocycles. The summed E-state index contributed by atoms with van der Waals surface area (Å²) in [5.41, 5.74) is 1.09. The molecule has 1 radical (unpaired) electrons. The fourth-order valence-corrected chi connectivity index (χ4v) is 0.220. The first-order valence-corrected chi connectivity index (χ1v) is 2.15. The van der Waals surface area contributed by atoms with E-state index in [4.69, 9.17) is 6.58 Å².